The fourth-order valence-electron chi connectivity index (χ4n) is 2.64. The van der Waals surface area contributed by atoms with E-state index in [1.807, 2.05) is 32.0 Å². The highest BCUT2D eigenvalue weighted by Gasteiger charge is 2.22. The molecule has 0 fully saturated rings. The minimum Gasteiger partial charge on any atom is -0.452 e. The molecular formula is C20H23NO5S. The van der Waals surface area contributed by atoms with E-state index < -0.39 is 22.4 Å². The third kappa shape index (κ3) is 5.17. The highest BCUT2D eigenvalue weighted by atomic mass is 32.2. The maximum atomic E-state index is 12.6. The Hall–Kier alpha value is -2.67. The number of para-hydroxylation sites is 1. The second-order valence-corrected chi connectivity index (χ2v) is 8.53. The molecule has 144 valence electrons. The molecule has 0 N–H and O–H groups in total. The zero-order chi connectivity index (χ0) is 20.2. The second kappa shape index (κ2) is 8.35. The largest absolute Gasteiger partial charge is 0.452 e. The molecule has 1 amide bonds. The van der Waals surface area contributed by atoms with Crippen molar-refractivity contribution < 1.29 is 22.7 Å². The first-order valence-corrected chi connectivity index (χ1v) is 10.4. The molecule has 27 heavy (non-hydrogen) atoms. The summed E-state index contributed by atoms with van der Waals surface area (Å²) in [6, 6.07) is 13.2. The van der Waals surface area contributed by atoms with E-state index in [9.17, 15) is 18.0 Å². The van der Waals surface area contributed by atoms with Crippen molar-refractivity contribution in [3.05, 3.63) is 59.7 Å². The molecule has 7 heteroatoms. The molecular weight excluding hydrogens is 366 g/mol. The molecule has 6 nitrogen and oxygen atoms in total. The lowest BCUT2D eigenvalue weighted by Crippen LogP contribution is -2.39. The van der Waals surface area contributed by atoms with Gasteiger partial charge >= 0.3 is 5.97 Å². The van der Waals surface area contributed by atoms with E-state index in [1.165, 1.54) is 12.1 Å². The van der Waals surface area contributed by atoms with Crippen LogP contribution in [0.25, 0.3) is 0 Å². The van der Waals surface area contributed by atoms with Crippen molar-refractivity contribution in [3.8, 4) is 0 Å². The molecule has 2 rings (SSSR count). The van der Waals surface area contributed by atoms with Crippen LogP contribution in [0.3, 0.4) is 0 Å². The minimum absolute atomic E-state index is 0.0273. The maximum absolute atomic E-state index is 12.6. The Morgan fingerprint density at radius 2 is 1.70 bits per heavy atom. The zero-order valence-electron chi connectivity index (χ0n) is 15.8. The smallest absolute Gasteiger partial charge is 0.338 e. The molecule has 2 aromatic rings. The third-order valence-electron chi connectivity index (χ3n) is 4.00. The van der Waals surface area contributed by atoms with Gasteiger partial charge in [-0.3, -0.25) is 4.79 Å². The van der Waals surface area contributed by atoms with Gasteiger partial charge in [-0.2, -0.15) is 0 Å². The van der Waals surface area contributed by atoms with Crippen molar-refractivity contribution in [3.63, 3.8) is 0 Å². The summed E-state index contributed by atoms with van der Waals surface area (Å²) in [7, 11) is -3.45. The number of anilines is 1. The normalized spacial score (nSPS) is 11.3. The number of sulfone groups is 1. The van der Waals surface area contributed by atoms with E-state index >= 15 is 0 Å². The molecule has 0 aliphatic heterocycles. The standard InChI is InChI=1S/C20H23NO5S/c1-14(2)21(16-8-6-5-7-9-16)19(22)13-26-20(23)18-12-17(27(4,24)25)11-10-15(18)3/h5-12,14H,13H2,1-4H3. The van der Waals surface area contributed by atoms with Gasteiger partial charge in [-0.25, -0.2) is 13.2 Å². The van der Waals surface area contributed by atoms with Crippen molar-refractivity contribution >= 4 is 27.4 Å². The van der Waals surface area contributed by atoms with Gasteiger partial charge in [0, 0.05) is 18.0 Å². The Labute approximate surface area is 159 Å². The molecule has 0 unspecified atom stereocenters. The average molecular weight is 389 g/mol. The van der Waals surface area contributed by atoms with Gasteiger partial charge in [0.25, 0.3) is 5.91 Å². The first-order chi connectivity index (χ1) is 12.6. The number of rotatable bonds is 6. The lowest BCUT2D eigenvalue weighted by atomic mass is 10.1. The number of hydrogen-bond donors (Lipinski definition) is 0. The van der Waals surface area contributed by atoms with Gasteiger partial charge in [0.05, 0.1) is 10.5 Å². The highest BCUT2D eigenvalue weighted by Crippen LogP contribution is 2.19. The van der Waals surface area contributed by atoms with Crippen molar-refractivity contribution in [1.29, 1.82) is 0 Å². The molecule has 2 aromatic carbocycles. The number of esters is 1. The maximum Gasteiger partial charge on any atom is 0.338 e. The molecule has 0 heterocycles. The van der Waals surface area contributed by atoms with Gasteiger partial charge in [0.2, 0.25) is 0 Å². The number of nitrogens with zero attached hydrogens (tertiary/aromatic N) is 1. The van der Waals surface area contributed by atoms with E-state index in [1.54, 1.807) is 30.0 Å². The summed E-state index contributed by atoms with van der Waals surface area (Å²) in [5, 5.41) is 0. The summed E-state index contributed by atoms with van der Waals surface area (Å²) in [6.45, 7) is 4.97. The minimum atomic E-state index is -3.45. The van der Waals surface area contributed by atoms with Crippen LogP contribution in [0, 0.1) is 6.92 Å². The van der Waals surface area contributed by atoms with Crippen LogP contribution >= 0.6 is 0 Å². The summed E-state index contributed by atoms with van der Waals surface area (Å²) in [5.74, 6) is -1.09. The Bertz CT molecular complexity index is 936. The molecule has 0 radical (unpaired) electrons. The molecule has 0 saturated carbocycles. The molecule has 0 bridgehead atoms. The second-order valence-electron chi connectivity index (χ2n) is 6.52. The number of aryl methyl sites for hydroxylation is 1. The van der Waals surface area contributed by atoms with Crippen molar-refractivity contribution in [2.75, 3.05) is 17.8 Å². The number of ether oxygens (including phenoxy) is 1. The number of carbonyl (C=O) groups is 2. The van der Waals surface area contributed by atoms with Gasteiger partial charge < -0.3 is 9.64 Å². The molecule has 0 aromatic heterocycles. The monoisotopic (exact) mass is 389 g/mol. The van der Waals surface area contributed by atoms with Gasteiger partial charge in [-0.1, -0.05) is 24.3 Å². The zero-order valence-corrected chi connectivity index (χ0v) is 16.6. The van der Waals surface area contributed by atoms with E-state index in [2.05, 4.69) is 0 Å². The van der Waals surface area contributed by atoms with E-state index in [-0.39, 0.29) is 22.4 Å². The first kappa shape index (κ1) is 20.6. The Morgan fingerprint density at radius 1 is 1.07 bits per heavy atom. The van der Waals surface area contributed by atoms with Gasteiger partial charge in [0.15, 0.2) is 16.4 Å². The van der Waals surface area contributed by atoms with Crippen LogP contribution in [0.1, 0.15) is 29.8 Å². The van der Waals surface area contributed by atoms with Crippen LogP contribution in [-0.2, 0) is 19.4 Å². The summed E-state index contributed by atoms with van der Waals surface area (Å²) in [4.78, 5) is 26.6. The number of amides is 1. The van der Waals surface area contributed by atoms with Crippen LogP contribution < -0.4 is 4.90 Å². The van der Waals surface area contributed by atoms with Crippen molar-refractivity contribution in [1.82, 2.24) is 0 Å². The molecule has 0 atom stereocenters. The summed E-state index contributed by atoms with van der Waals surface area (Å²) in [5.41, 5.74) is 1.41. The van der Waals surface area contributed by atoms with Crippen LogP contribution in [-0.4, -0.2) is 39.2 Å². The Balaban J connectivity index is 2.16. The predicted molar refractivity (Wildman–Crippen MR) is 104 cm³/mol. The highest BCUT2D eigenvalue weighted by molar-refractivity contribution is 7.90. The quantitative estimate of drug-likeness (QED) is 0.710. The molecule has 0 saturated heterocycles. The van der Waals surface area contributed by atoms with Crippen molar-refractivity contribution in [2.24, 2.45) is 0 Å². The van der Waals surface area contributed by atoms with Crippen LogP contribution in [0.15, 0.2) is 53.4 Å². The van der Waals surface area contributed by atoms with Crippen LogP contribution in [0.4, 0.5) is 5.69 Å². The first-order valence-electron chi connectivity index (χ1n) is 8.46. The third-order valence-corrected chi connectivity index (χ3v) is 5.11. The van der Waals surface area contributed by atoms with E-state index in [4.69, 9.17) is 4.74 Å². The molecule has 0 aliphatic carbocycles. The van der Waals surface area contributed by atoms with E-state index in [0.29, 0.717) is 11.3 Å². The summed E-state index contributed by atoms with van der Waals surface area (Å²) < 4.78 is 28.6. The lowest BCUT2D eigenvalue weighted by Gasteiger charge is -2.26. The number of carbonyl (C=O) groups excluding carboxylic acids is 2. The number of hydrogen-bond acceptors (Lipinski definition) is 5. The molecule has 0 spiro atoms. The van der Waals surface area contributed by atoms with Crippen molar-refractivity contribution in [2.45, 2.75) is 31.7 Å². The van der Waals surface area contributed by atoms with Crippen LogP contribution in [0.5, 0.6) is 0 Å². The molecule has 0 aliphatic rings. The van der Waals surface area contributed by atoms with Gasteiger partial charge in [0.1, 0.15) is 0 Å². The summed E-state index contributed by atoms with van der Waals surface area (Å²) in [6.07, 6.45) is 1.07. The topological polar surface area (TPSA) is 80.7 Å². The SMILES string of the molecule is Cc1ccc(S(C)(=O)=O)cc1C(=O)OCC(=O)N(c1ccccc1)C(C)C. The number of benzene rings is 2. The Morgan fingerprint density at radius 3 is 2.26 bits per heavy atom. The summed E-state index contributed by atoms with van der Waals surface area (Å²) >= 11 is 0. The van der Waals surface area contributed by atoms with E-state index in [0.717, 1.165) is 6.26 Å². The fourth-order valence-corrected chi connectivity index (χ4v) is 3.29. The average Bonchev–Trinajstić information content (AvgIpc) is 2.59. The predicted octanol–water partition coefficient (Wildman–Crippen LogP) is 3.00. The fraction of sp³-hybridized carbons (Fsp3) is 0.300. The van der Waals surface area contributed by atoms with Gasteiger partial charge in [-0.05, 0) is 50.6 Å². The lowest BCUT2D eigenvalue weighted by molar-refractivity contribution is -0.122. The van der Waals surface area contributed by atoms with Crippen LogP contribution in [0.2, 0.25) is 0 Å². The van der Waals surface area contributed by atoms with Gasteiger partial charge in [-0.15, -0.1) is 0 Å². The Kier molecular flexibility index (Phi) is 6.38.